The van der Waals surface area contributed by atoms with Crippen molar-refractivity contribution >= 4 is 13.3 Å². The Morgan fingerprint density at radius 3 is 2.00 bits per heavy atom. The molecular formula is C20H28BrNSi. The molecule has 1 fully saturated rings. The number of quaternary nitrogens is 1. The van der Waals surface area contributed by atoms with Gasteiger partial charge in [-0.1, -0.05) is 78.0 Å². The molecule has 0 radical (unpaired) electrons. The smallest absolute Gasteiger partial charge is 0.151 e. The van der Waals surface area contributed by atoms with Crippen LogP contribution in [0.25, 0.3) is 0 Å². The Morgan fingerprint density at radius 1 is 0.826 bits per heavy atom. The number of hydrogen-bond acceptors (Lipinski definition) is 0. The highest BCUT2D eigenvalue weighted by Crippen LogP contribution is 2.12. The summed E-state index contributed by atoms with van der Waals surface area (Å²) in [5.74, 6) is 0. The quantitative estimate of drug-likeness (QED) is 0.649. The van der Waals surface area contributed by atoms with Gasteiger partial charge in [0.1, 0.15) is 0 Å². The van der Waals surface area contributed by atoms with Gasteiger partial charge < -0.3 is 21.9 Å². The Balaban J connectivity index is 0.00000192. The molecule has 3 heteroatoms. The third-order valence-corrected chi connectivity index (χ3v) is 9.30. The topological polar surface area (TPSA) is 4.44 Å². The van der Waals surface area contributed by atoms with Gasteiger partial charge in [0.15, 0.2) is 8.07 Å². The summed E-state index contributed by atoms with van der Waals surface area (Å²) in [7, 11) is -1.49. The fourth-order valence-electron chi connectivity index (χ4n) is 3.93. The van der Waals surface area contributed by atoms with E-state index in [0.29, 0.717) is 0 Å². The lowest BCUT2D eigenvalue weighted by Crippen LogP contribution is -3.15. The van der Waals surface area contributed by atoms with Crippen LogP contribution in [-0.4, -0.2) is 27.3 Å². The summed E-state index contributed by atoms with van der Waals surface area (Å²) in [5, 5.41) is 1.62. The molecule has 0 aromatic heterocycles. The van der Waals surface area contributed by atoms with Crippen molar-refractivity contribution in [2.45, 2.75) is 31.9 Å². The van der Waals surface area contributed by atoms with Crippen LogP contribution in [0, 0.1) is 0 Å². The Kier molecular flexibility index (Phi) is 7.06. The number of benzene rings is 2. The average Bonchev–Trinajstić information content (AvgIpc) is 2.57. The molecule has 124 valence electrons. The summed E-state index contributed by atoms with van der Waals surface area (Å²) in [4.78, 5) is 1.85. The van der Waals surface area contributed by atoms with Crippen molar-refractivity contribution in [2.24, 2.45) is 0 Å². The highest BCUT2D eigenvalue weighted by molar-refractivity contribution is 6.90. The molecule has 0 bridgehead atoms. The minimum Gasteiger partial charge on any atom is -1.00 e. The first-order valence-corrected chi connectivity index (χ1v) is 11.6. The van der Waals surface area contributed by atoms with Crippen LogP contribution >= 0.6 is 0 Å². The molecule has 1 heterocycles. The van der Waals surface area contributed by atoms with Crippen molar-refractivity contribution in [1.82, 2.24) is 0 Å². The van der Waals surface area contributed by atoms with Crippen LogP contribution in [0.2, 0.25) is 6.55 Å². The maximum absolute atomic E-state index is 2.59. The second-order valence-corrected chi connectivity index (χ2v) is 11.5. The molecule has 1 saturated heterocycles. The normalized spacial score (nSPS) is 18.0. The summed E-state index contributed by atoms with van der Waals surface area (Å²) in [6.45, 7) is 5.35. The van der Waals surface area contributed by atoms with Crippen LogP contribution in [0.4, 0.5) is 0 Å². The van der Waals surface area contributed by atoms with Crippen LogP contribution in [0.15, 0.2) is 60.7 Å². The molecule has 1 aliphatic heterocycles. The van der Waals surface area contributed by atoms with E-state index in [0.717, 1.165) is 0 Å². The van der Waals surface area contributed by atoms with E-state index in [9.17, 15) is 0 Å². The lowest BCUT2D eigenvalue weighted by Gasteiger charge is -2.34. The predicted molar refractivity (Wildman–Crippen MR) is 97.3 cm³/mol. The SMILES string of the molecule is C[Si@](Cc1ccccc1)(C[NH+]1CCCCC1)c1ccccc1.[Br-]. The zero-order chi connectivity index (χ0) is 15.3. The van der Waals surface area contributed by atoms with Crippen molar-refractivity contribution in [2.75, 3.05) is 19.3 Å². The number of nitrogens with one attached hydrogen (secondary N) is 1. The zero-order valence-electron chi connectivity index (χ0n) is 14.1. The third kappa shape index (κ3) is 5.03. The summed E-state index contributed by atoms with van der Waals surface area (Å²) in [5.41, 5.74) is 1.51. The Bertz CT molecular complexity index is 569. The minimum absolute atomic E-state index is 0. The summed E-state index contributed by atoms with van der Waals surface area (Å²) >= 11 is 0. The molecule has 0 amide bonds. The van der Waals surface area contributed by atoms with Crippen LogP contribution in [0.1, 0.15) is 24.8 Å². The fraction of sp³-hybridized carbons (Fsp3) is 0.400. The number of piperidine rings is 1. The van der Waals surface area contributed by atoms with E-state index in [1.54, 1.807) is 5.19 Å². The summed E-state index contributed by atoms with van der Waals surface area (Å²) < 4.78 is 0. The Labute approximate surface area is 152 Å². The number of rotatable bonds is 5. The van der Waals surface area contributed by atoms with Crippen LogP contribution < -0.4 is 27.1 Å². The van der Waals surface area contributed by atoms with Gasteiger partial charge in [-0.05, 0) is 25.3 Å². The van der Waals surface area contributed by atoms with Crippen LogP contribution in [0.5, 0.6) is 0 Å². The monoisotopic (exact) mass is 389 g/mol. The van der Waals surface area contributed by atoms with E-state index in [-0.39, 0.29) is 17.0 Å². The van der Waals surface area contributed by atoms with Gasteiger partial charge >= 0.3 is 0 Å². The van der Waals surface area contributed by atoms with E-state index < -0.39 is 8.07 Å². The van der Waals surface area contributed by atoms with Gasteiger partial charge in [0.25, 0.3) is 0 Å². The van der Waals surface area contributed by atoms with E-state index in [1.807, 2.05) is 4.90 Å². The van der Waals surface area contributed by atoms with Gasteiger partial charge in [-0.2, -0.15) is 0 Å². The molecule has 1 nitrogen and oxygen atoms in total. The second-order valence-electron chi connectivity index (χ2n) is 7.08. The van der Waals surface area contributed by atoms with E-state index in [2.05, 4.69) is 67.2 Å². The fourth-order valence-corrected chi connectivity index (χ4v) is 8.06. The predicted octanol–water partition coefficient (Wildman–Crippen LogP) is -0.634. The highest BCUT2D eigenvalue weighted by Gasteiger charge is 2.35. The molecular weight excluding hydrogens is 362 g/mol. The first-order chi connectivity index (χ1) is 10.8. The molecule has 1 aliphatic rings. The summed E-state index contributed by atoms with van der Waals surface area (Å²) in [6.07, 6.45) is 5.65. The molecule has 2 aromatic rings. The van der Waals surface area contributed by atoms with Crippen molar-refractivity contribution in [3.63, 3.8) is 0 Å². The van der Waals surface area contributed by atoms with Gasteiger partial charge in [-0.25, -0.2) is 0 Å². The van der Waals surface area contributed by atoms with E-state index >= 15 is 0 Å². The number of hydrogen-bond donors (Lipinski definition) is 1. The molecule has 0 aliphatic carbocycles. The van der Waals surface area contributed by atoms with Gasteiger partial charge in [0.05, 0.1) is 19.3 Å². The lowest BCUT2D eigenvalue weighted by atomic mass is 10.1. The van der Waals surface area contributed by atoms with Crippen LogP contribution in [-0.2, 0) is 6.04 Å². The number of likely N-dealkylation sites (tertiary alicyclic amines) is 1. The van der Waals surface area contributed by atoms with Gasteiger partial charge in [0, 0.05) is 0 Å². The Morgan fingerprint density at radius 2 is 1.39 bits per heavy atom. The maximum Gasteiger partial charge on any atom is 0.151 e. The first kappa shape index (κ1) is 18.4. The Hall–Kier alpha value is -0.903. The number of halogens is 1. The van der Waals surface area contributed by atoms with Crippen molar-refractivity contribution in [1.29, 1.82) is 0 Å². The van der Waals surface area contributed by atoms with Crippen LogP contribution in [0.3, 0.4) is 0 Å². The lowest BCUT2D eigenvalue weighted by molar-refractivity contribution is -0.895. The van der Waals surface area contributed by atoms with Gasteiger partial charge in [-0.15, -0.1) is 0 Å². The molecule has 3 rings (SSSR count). The highest BCUT2D eigenvalue weighted by atomic mass is 79.9. The molecule has 23 heavy (non-hydrogen) atoms. The zero-order valence-corrected chi connectivity index (χ0v) is 16.7. The van der Waals surface area contributed by atoms with E-state index in [1.165, 1.54) is 50.1 Å². The maximum atomic E-state index is 2.59. The largest absolute Gasteiger partial charge is 1.00 e. The minimum atomic E-state index is -1.49. The average molecular weight is 390 g/mol. The molecule has 0 saturated carbocycles. The van der Waals surface area contributed by atoms with Crippen molar-refractivity contribution in [3.8, 4) is 0 Å². The molecule has 1 atom stereocenters. The molecule has 1 N–H and O–H groups in total. The van der Waals surface area contributed by atoms with E-state index in [4.69, 9.17) is 0 Å². The van der Waals surface area contributed by atoms with Crippen molar-refractivity contribution < 1.29 is 21.9 Å². The second kappa shape index (κ2) is 8.81. The first-order valence-electron chi connectivity index (χ1n) is 8.69. The molecule has 0 spiro atoms. The summed E-state index contributed by atoms with van der Waals surface area (Å²) in [6, 6.07) is 23.7. The van der Waals surface area contributed by atoms with Crippen molar-refractivity contribution in [3.05, 3.63) is 66.2 Å². The van der Waals surface area contributed by atoms with Gasteiger partial charge in [-0.3, -0.25) is 0 Å². The van der Waals surface area contributed by atoms with Gasteiger partial charge in [0.2, 0.25) is 0 Å². The third-order valence-electron chi connectivity index (χ3n) is 5.11. The molecule has 2 aromatic carbocycles. The standard InChI is InChI=1S/C20H27NSi.BrH/c1-22(20-13-7-3-8-14-20,17-19-11-5-2-6-12-19)18-21-15-9-4-10-16-21;/h2-3,5-8,11-14H,4,9-10,15-18H2,1H3;1H/t22-;/m0./s1. The molecule has 0 unspecified atom stereocenters.